The van der Waals surface area contributed by atoms with E-state index in [9.17, 15) is 0 Å². The van der Waals surface area contributed by atoms with Gasteiger partial charge in [-0.1, -0.05) is 18.2 Å². The average molecular weight is 239 g/mol. The van der Waals surface area contributed by atoms with Crippen molar-refractivity contribution in [1.29, 1.82) is 0 Å². The molecule has 0 atom stereocenters. The van der Waals surface area contributed by atoms with Crippen molar-refractivity contribution < 1.29 is 4.42 Å². The highest BCUT2D eigenvalue weighted by molar-refractivity contribution is 5.94. The van der Waals surface area contributed by atoms with E-state index in [-0.39, 0.29) is 0 Å². The number of pyridine rings is 1. The molecule has 18 heavy (non-hydrogen) atoms. The second-order valence-electron chi connectivity index (χ2n) is 4.31. The Morgan fingerprint density at radius 2 is 2.00 bits per heavy atom. The number of hydrogen-bond acceptors (Lipinski definition) is 4. The molecule has 4 nitrogen and oxygen atoms in total. The monoisotopic (exact) mass is 239 g/mol. The maximum Gasteiger partial charge on any atom is 0.181 e. The molecule has 2 aromatic heterocycles. The first-order chi connectivity index (χ1) is 8.75. The lowest BCUT2D eigenvalue weighted by Crippen LogP contribution is -2.10. The highest BCUT2D eigenvalue weighted by Crippen LogP contribution is 2.30. The minimum absolute atomic E-state index is 0.761. The third-order valence-electron chi connectivity index (χ3n) is 2.86. The zero-order chi connectivity index (χ0) is 12.5. The summed E-state index contributed by atoms with van der Waals surface area (Å²) in [6, 6.07) is 10.0. The Hall–Kier alpha value is -2.36. The van der Waals surface area contributed by atoms with Crippen molar-refractivity contribution in [2.24, 2.45) is 0 Å². The first-order valence-electron chi connectivity index (χ1n) is 5.71. The maximum absolute atomic E-state index is 5.40. The molecule has 0 fully saturated rings. The zero-order valence-electron chi connectivity index (χ0n) is 10.3. The summed E-state index contributed by atoms with van der Waals surface area (Å²) in [5.41, 5.74) is 1.97. The molecule has 1 aromatic carbocycles. The van der Waals surface area contributed by atoms with Crippen LogP contribution in [0.25, 0.3) is 22.2 Å². The normalized spacial score (nSPS) is 10.8. The van der Waals surface area contributed by atoms with E-state index >= 15 is 0 Å². The number of hydrogen-bond donors (Lipinski definition) is 0. The van der Waals surface area contributed by atoms with Gasteiger partial charge in [-0.25, -0.2) is 9.97 Å². The number of benzene rings is 1. The van der Waals surface area contributed by atoms with Crippen molar-refractivity contribution >= 4 is 16.7 Å². The van der Waals surface area contributed by atoms with Gasteiger partial charge in [0.1, 0.15) is 5.82 Å². The number of rotatable bonds is 2. The lowest BCUT2D eigenvalue weighted by molar-refractivity contribution is 0.572. The first-order valence-corrected chi connectivity index (χ1v) is 5.71. The van der Waals surface area contributed by atoms with Crippen LogP contribution in [0, 0.1) is 0 Å². The SMILES string of the molecule is CN(C)c1cc(-c2cnco2)c2ccccc2n1. The van der Waals surface area contributed by atoms with Gasteiger partial charge in [-0.3, -0.25) is 0 Å². The molecule has 0 bridgehead atoms. The maximum atomic E-state index is 5.40. The summed E-state index contributed by atoms with van der Waals surface area (Å²) in [6.07, 6.45) is 3.17. The molecule has 3 aromatic rings. The second-order valence-corrected chi connectivity index (χ2v) is 4.31. The van der Waals surface area contributed by atoms with Crippen molar-refractivity contribution in [2.75, 3.05) is 19.0 Å². The van der Waals surface area contributed by atoms with Crippen LogP contribution in [0.15, 0.2) is 47.3 Å². The van der Waals surface area contributed by atoms with Crippen LogP contribution in [0.5, 0.6) is 0 Å². The van der Waals surface area contributed by atoms with Crippen LogP contribution in [0.2, 0.25) is 0 Å². The lowest BCUT2D eigenvalue weighted by atomic mass is 10.1. The Balaban J connectivity index is 2.34. The molecule has 2 heterocycles. The molecule has 0 aliphatic carbocycles. The third-order valence-corrected chi connectivity index (χ3v) is 2.86. The quantitative estimate of drug-likeness (QED) is 0.689. The van der Waals surface area contributed by atoms with Crippen LogP contribution in [-0.2, 0) is 0 Å². The van der Waals surface area contributed by atoms with E-state index in [1.54, 1.807) is 6.20 Å². The van der Waals surface area contributed by atoms with Crippen LogP contribution >= 0.6 is 0 Å². The number of anilines is 1. The largest absolute Gasteiger partial charge is 0.443 e. The number of para-hydroxylation sites is 1. The highest BCUT2D eigenvalue weighted by Gasteiger charge is 2.10. The molecule has 0 radical (unpaired) electrons. The molecule has 0 saturated heterocycles. The van der Waals surface area contributed by atoms with E-state index < -0.39 is 0 Å². The molecule has 3 rings (SSSR count). The van der Waals surface area contributed by atoms with Crippen LogP contribution in [-0.4, -0.2) is 24.1 Å². The fourth-order valence-electron chi connectivity index (χ4n) is 1.94. The highest BCUT2D eigenvalue weighted by atomic mass is 16.3. The van der Waals surface area contributed by atoms with Gasteiger partial charge >= 0.3 is 0 Å². The van der Waals surface area contributed by atoms with Gasteiger partial charge in [0.05, 0.1) is 11.7 Å². The standard InChI is InChI=1S/C14H13N3O/c1-17(2)14-7-11(13-8-15-9-18-13)10-5-3-4-6-12(10)16-14/h3-9H,1-2H3. The Morgan fingerprint density at radius 1 is 1.17 bits per heavy atom. The Bertz CT molecular complexity index is 675. The van der Waals surface area contributed by atoms with Crippen molar-refractivity contribution in [3.63, 3.8) is 0 Å². The molecule has 0 unspecified atom stereocenters. The predicted molar refractivity (Wildman–Crippen MR) is 71.6 cm³/mol. The second kappa shape index (κ2) is 4.14. The molecular formula is C14H13N3O. The van der Waals surface area contributed by atoms with Gasteiger partial charge in [-0.2, -0.15) is 0 Å². The van der Waals surface area contributed by atoms with Crippen molar-refractivity contribution in [3.05, 3.63) is 42.9 Å². The number of oxazole rings is 1. The summed E-state index contributed by atoms with van der Waals surface area (Å²) in [5.74, 6) is 1.66. The van der Waals surface area contributed by atoms with Gasteiger partial charge in [0.25, 0.3) is 0 Å². The molecule has 0 amide bonds. The van der Waals surface area contributed by atoms with E-state index in [0.29, 0.717) is 0 Å². The van der Waals surface area contributed by atoms with Crippen molar-refractivity contribution in [1.82, 2.24) is 9.97 Å². The molecule has 0 saturated carbocycles. The molecule has 0 N–H and O–H groups in total. The van der Waals surface area contributed by atoms with Crippen LogP contribution in [0.3, 0.4) is 0 Å². The Morgan fingerprint density at radius 3 is 2.72 bits per heavy atom. The van der Waals surface area contributed by atoms with E-state index in [0.717, 1.165) is 28.0 Å². The van der Waals surface area contributed by atoms with E-state index in [4.69, 9.17) is 4.42 Å². The summed E-state index contributed by atoms with van der Waals surface area (Å²) in [7, 11) is 3.95. The fourth-order valence-corrected chi connectivity index (χ4v) is 1.94. The average Bonchev–Trinajstić information content (AvgIpc) is 2.91. The molecule has 0 aliphatic heterocycles. The topological polar surface area (TPSA) is 42.2 Å². The molecule has 0 aliphatic rings. The molecule has 4 heteroatoms. The van der Waals surface area contributed by atoms with Gasteiger partial charge in [0.15, 0.2) is 12.2 Å². The van der Waals surface area contributed by atoms with Gasteiger partial charge in [0, 0.05) is 25.0 Å². The van der Waals surface area contributed by atoms with Crippen molar-refractivity contribution in [3.8, 4) is 11.3 Å². The Kier molecular flexibility index (Phi) is 2.48. The summed E-state index contributed by atoms with van der Waals surface area (Å²) >= 11 is 0. The van der Waals surface area contributed by atoms with E-state index in [2.05, 4.69) is 9.97 Å². The predicted octanol–water partition coefficient (Wildman–Crippen LogP) is 2.96. The van der Waals surface area contributed by atoms with E-state index in [1.807, 2.05) is 49.3 Å². The van der Waals surface area contributed by atoms with Gasteiger partial charge < -0.3 is 9.32 Å². The Labute approximate surface area is 105 Å². The zero-order valence-corrected chi connectivity index (χ0v) is 10.3. The molecule has 0 spiro atoms. The molecular weight excluding hydrogens is 226 g/mol. The number of aromatic nitrogens is 2. The fraction of sp³-hybridized carbons (Fsp3) is 0.143. The van der Waals surface area contributed by atoms with Crippen LogP contribution in [0.1, 0.15) is 0 Å². The van der Waals surface area contributed by atoms with Crippen molar-refractivity contribution in [2.45, 2.75) is 0 Å². The lowest BCUT2D eigenvalue weighted by Gasteiger charge is -2.14. The number of fused-ring (bicyclic) bond motifs is 1. The number of nitrogens with zero attached hydrogens (tertiary/aromatic N) is 3. The third kappa shape index (κ3) is 1.72. The van der Waals surface area contributed by atoms with Crippen LogP contribution < -0.4 is 4.90 Å². The summed E-state index contributed by atoms with van der Waals surface area (Å²) < 4.78 is 5.40. The minimum atomic E-state index is 0.761. The van der Waals surface area contributed by atoms with Gasteiger partial charge in [-0.05, 0) is 12.1 Å². The van der Waals surface area contributed by atoms with Crippen LogP contribution in [0.4, 0.5) is 5.82 Å². The van der Waals surface area contributed by atoms with Gasteiger partial charge in [-0.15, -0.1) is 0 Å². The van der Waals surface area contributed by atoms with E-state index in [1.165, 1.54) is 6.39 Å². The smallest absolute Gasteiger partial charge is 0.181 e. The first kappa shape index (κ1) is 10.8. The molecule has 90 valence electrons. The summed E-state index contributed by atoms with van der Waals surface area (Å²) in [6.45, 7) is 0. The summed E-state index contributed by atoms with van der Waals surface area (Å²) in [5, 5.41) is 1.07. The van der Waals surface area contributed by atoms with Gasteiger partial charge in [0.2, 0.25) is 0 Å². The minimum Gasteiger partial charge on any atom is -0.443 e. The summed E-state index contributed by atoms with van der Waals surface area (Å²) in [4.78, 5) is 10.6.